The van der Waals surface area contributed by atoms with Crippen molar-refractivity contribution in [1.82, 2.24) is 15.3 Å². The van der Waals surface area contributed by atoms with E-state index < -0.39 is 0 Å². The van der Waals surface area contributed by atoms with E-state index in [2.05, 4.69) is 20.6 Å². The van der Waals surface area contributed by atoms with Crippen molar-refractivity contribution in [3.8, 4) is 11.6 Å². The van der Waals surface area contributed by atoms with Crippen LogP contribution in [-0.2, 0) is 0 Å². The summed E-state index contributed by atoms with van der Waals surface area (Å²) in [4.78, 5) is 38.2. The van der Waals surface area contributed by atoms with E-state index in [1.165, 1.54) is 11.3 Å². The predicted molar refractivity (Wildman–Crippen MR) is 139 cm³/mol. The molecule has 1 fully saturated rings. The van der Waals surface area contributed by atoms with E-state index in [1.54, 1.807) is 29.3 Å². The summed E-state index contributed by atoms with van der Waals surface area (Å²) in [5.41, 5.74) is 8.51. The van der Waals surface area contributed by atoms with Crippen LogP contribution >= 0.6 is 11.3 Å². The predicted octanol–water partition coefficient (Wildman–Crippen LogP) is 5.09. The number of benzene rings is 1. The molecule has 1 aliphatic heterocycles. The molecule has 10 heteroatoms. The van der Waals surface area contributed by atoms with Gasteiger partial charge in [0.05, 0.1) is 28.1 Å². The molecule has 4 heterocycles. The van der Waals surface area contributed by atoms with Gasteiger partial charge in [-0.2, -0.15) is 0 Å². The summed E-state index contributed by atoms with van der Waals surface area (Å²) >= 11 is 1.26. The molecular weight excluding hydrogens is 476 g/mol. The molecule has 1 aliphatic carbocycles. The van der Waals surface area contributed by atoms with Crippen molar-refractivity contribution in [3.63, 3.8) is 0 Å². The molecule has 6 rings (SSSR count). The van der Waals surface area contributed by atoms with Gasteiger partial charge in [-0.05, 0) is 50.5 Å². The highest BCUT2D eigenvalue weighted by molar-refractivity contribution is 7.21. The normalized spacial score (nSPS) is 18.8. The molecule has 9 nitrogen and oxygen atoms in total. The first-order valence-corrected chi connectivity index (χ1v) is 12.6. The number of urea groups is 1. The number of hydrogen-bond donors (Lipinski definition) is 3. The van der Waals surface area contributed by atoms with Crippen LogP contribution < -0.4 is 26.0 Å². The van der Waals surface area contributed by atoms with Crippen molar-refractivity contribution < 1.29 is 14.3 Å². The number of pyridine rings is 2. The van der Waals surface area contributed by atoms with Gasteiger partial charge in [0.15, 0.2) is 0 Å². The average Bonchev–Trinajstić information content (AvgIpc) is 3.45. The molecule has 0 bridgehead atoms. The molecule has 2 atom stereocenters. The van der Waals surface area contributed by atoms with Crippen molar-refractivity contribution in [1.29, 1.82) is 0 Å². The zero-order chi connectivity index (χ0) is 24.8. The summed E-state index contributed by atoms with van der Waals surface area (Å²) in [6.45, 7) is 1.83. The first kappa shape index (κ1) is 22.4. The largest absolute Gasteiger partial charge is 0.439 e. The summed E-state index contributed by atoms with van der Waals surface area (Å²) in [5.74, 6) is 0.867. The number of para-hydroxylation sites is 1. The maximum Gasteiger partial charge on any atom is 0.331 e. The van der Waals surface area contributed by atoms with Gasteiger partial charge in [0.1, 0.15) is 15.5 Å². The fraction of sp³-hybridized carbons (Fsp3) is 0.231. The van der Waals surface area contributed by atoms with Gasteiger partial charge in [0.25, 0.3) is 5.91 Å². The molecule has 182 valence electrons. The lowest BCUT2D eigenvalue weighted by Crippen LogP contribution is -2.44. The zero-order valence-corrected chi connectivity index (χ0v) is 20.3. The highest BCUT2D eigenvalue weighted by Crippen LogP contribution is 2.46. The van der Waals surface area contributed by atoms with Gasteiger partial charge in [-0.3, -0.25) is 9.69 Å². The van der Waals surface area contributed by atoms with E-state index in [-0.39, 0.29) is 24.0 Å². The number of anilines is 3. The van der Waals surface area contributed by atoms with E-state index in [0.717, 1.165) is 24.6 Å². The number of nitrogens with zero attached hydrogens (tertiary/aromatic N) is 3. The highest BCUT2D eigenvalue weighted by Gasteiger charge is 2.35. The molecule has 0 saturated heterocycles. The van der Waals surface area contributed by atoms with Gasteiger partial charge in [-0.15, -0.1) is 11.3 Å². The van der Waals surface area contributed by atoms with Crippen molar-refractivity contribution in [3.05, 3.63) is 65.3 Å². The van der Waals surface area contributed by atoms with Crippen molar-refractivity contribution >= 4 is 50.6 Å². The molecule has 4 N–H and O–H groups in total. The number of rotatable bonds is 5. The minimum atomic E-state index is -0.373. The van der Waals surface area contributed by atoms with E-state index in [9.17, 15) is 9.59 Å². The Bertz CT molecular complexity index is 1490. The summed E-state index contributed by atoms with van der Waals surface area (Å²) in [7, 11) is 0. The molecule has 3 aromatic heterocycles. The molecule has 3 amide bonds. The molecule has 2 aliphatic rings. The summed E-state index contributed by atoms with van der Waals surface area (Å²) in [6, 6.07) is 14.2. The highest BCUT2D eigenvalue weighted by atomic mass is 32.1. The molecule has 1 saturated carbocycles. The SMILES string of the molecule is Cc1nc(Oc2ccccc2)ccc1N1C(=O)Nc2c(C(=O)N[C@@H]3CCC[C@@H]3N)sc3nccc1c23. The van der Waals surface area contributed by atoms with Crippen LogP contribution in [0.25, 0.3) is 10.2 Å². The van der Waals surface area contributed by atoms with Crippen LogP contribution in [0.3, 0.4) is 0 Å². The topological polar surface area (TPSA) is 122 Å². The van der Waals surface area contributed by atoms with Crippen LogP contribution in [-0.4, -0.2) is 34.0 Å². The van der Waals surface area contributed by atoms with E-state index in [1.807, 2.05) is 37.3 Å². The van der Waals surface area contributed by atoms with Gasteiger partial charge in [-0.1, -0.05) is 18.2 Å². The van der Waals surface area contributed by atoms with Gasteiger partial charge < -0.3 is 21.1 Å². The Morgan fingerprint density at radius 2 is 2.00 bits per heavy atom. The molecule has 0 spiro atoms. The maximum atomic E-state index is 13.4. The third kappa shape index (κ3) is 3.84. The first-order chi connectivity index (χ1) is 17.5. The van der Waals surface area contributed by atoms with Crippen LogP contribution in [0.5, 0.6) is 11.6 Å². The van der Waals surface area contributed by atoms with Crippen molar-refractivity contribution in [2.24, 2.45) is 5.73 Å². The fourth-order valence-corrected chi connectivity index (χ4v) is 5.84. The van der Waals surface area contributed by atoms with Gasteiger partial charge >= 0.3 is 6.03 Å². The quantitative estimate of drug-likeness (QED) is 0.351. The lowest BCUT2D eigenvalue weighted by atomic mass is 10.1. The summed E-state index contributed by atoms with van der Waals surface area (Å²) < 4.78 is 5.84. The minimum absolute atomic E-state index is 0.0530. The lowest BCUT2D eigenvalue weighted by molar-refractivity contribution is 0.0939. The maximum absolute atomic E-state index is 13.4. The second kappa shape index (κ2) is 8.89. The Morgan fingerprint density at radius 3 is 2.75 bits per heavy atom. The second-order valence-corrected chi connectivity index (χ2v) is 9.92. The molecule has 0 radical (unpaired) electrons. The Morgan fingerprint density at radius 1 is 1.17 bits per heavy atom. The van der Waals surface area contributed by atoms with Gasteiger partial charge in [0, 0.05) is 24.3 Å². The Balaban J connectivity index is 1.35. The number of nitrogens with one attached hydrogen (secondary N) is 2. The molecule has 4 aromatic rings. The van der Waals surface area contributed by atoms with Crippen LogP contribution in [0.15, 0.2) is 54.7 Å². The lowest BCUT2D eigenvalue weighted by Gasteiger charge is -2.29. The standard InChI is InChI=1S/C26H24N6O3S/c1-14-18(10-11-20(29-14)35-15-6-3-2-4-7-15)32-19-12-13-28-25-21(19)22(31-26(32)34)23(36-25)24(33)30-17-9-5-8-16(17)27/h2-4,6-7,10-13,16-17H,5,8-9,27H2,1H3,(H,30,33)(H,31,34)/t16-,17+/m0/s1. The summed E-state index contributed by atoms with van der Waals surface area (Å²) in [6.07, 6.45) is 4.39. The van der Waals surface area contributed by atoms with Crippen LogP contribution in [0.2, 0.25) is 0 Å². The number of thiophene rings is 1. The van der Waals surface area contributed by atoms with E-state index in [4.69, 9.17) is 10.5 Å². The molecule has 1 aromatic carbocycles. The summed E-state index contributed by atoms with van der Waals surface area (Å²) in [5, 5.41) is 6.70. The molecule has 36 heavy (non-hydrogen) atoms. The zero-order valence-electron chi connectivity index (χ0n) is 19.5. The third-order valence-electron chi connectivity index (χ3n) is 6.58. The monoisotopic (exact) mass is 500 g/mol. The van der Waals surface area contributed by atoms with Crippen LogP contribution in [0, 0.1) is 6.92 Å². The van der Waals surface area contributed by atoms with E-state index >= 15 is 0 Å². The molecule has 0 unspecified atom stereocenters. The van der Waals surface area contributed by atoms with Crippen molar-refractivity contribution in [2.75, 3.05) is 10.2 Å². The van der Waals surface area contributed by atoms with Gasteiger partial charge in [-0.25, -0.2) is 14.8 Å². The number of hydrogen-bond acceptors (Lipinski definition) is 7. The number of aromatic nitrogens is 2. The Kier molecular flexibility index (Phi) is 5.54. The Hall–Kier alpha value is -4.02. The average molecular weight is 501 g/mol. The van der Waals surface area contributed by atoms with Crippen LogP contribution in [0.4, 0.5) is 21.9 Å². The van der Waals surface area contributed by atoms with Gasteiger partial charge in [0.2, 0.25) is 5.88 Å². The number of carbonyl (C=O) groups excluding carboxylic acids is 2. The van der Waals surface area contributed by atoms with Crippen LogP contribution in [0.1, 0.15) is 34.6 Å². The minimum Gasteiger partial charge on any atom is -0.439 e. The second-order valence-electron chi connectivity index (χ2n) is 8.93. The number of amides is 3. The number of nitrogens with two attached hydrogens (primary N) is 1. The smallest absolute Gasteiger partial charge is 0.331 e. The molecular formula is C26H24N6O3S. The fourth-order valence-electron chi connectivity index (χ4n) is 4.82. The van der Waals surface area contributed by atoms with Crippen molar-refractivity contribution in [2.45, 2.75) is 38.3 Å². The van der Waals surface area contributed by atoms with E-state index in [0.29, 0.717) is 44.1 Å². The Labute approximate surface area is 211 Å². The first-order valence-electron chi connectivity index (χ1n) is 11.8. The number of ether oxygens (including phenoxy) is 1. The number of aryl methyl sites for hydroxylation is 1. The third-order valence-corrected chi connectivity index (χ3v) is 7.67. The number of carbonyl (C=O) groups is 2.